The van der Waals surface area contributed by atoms with Crippen molar-refractivity contribution >= 4 is 23.4 Å². The average Bonchev–Trinajstić information content (AvgIpc) is 3.29. The second kappa shape index (κ2) is 9.23. The van der Waals surface area contributed by atoms with Crippen LogP contribution in [0.4, 0.5) is 5.69 Å². The molecule has 8 heteroatoms. The van der Waals surface area contributed by atoms with E-state index < -0.39 is 5.25 Å². The predicted molar refractivity (Wildman–Crippen MR) is 135 cm³/mol. The molecular formula is C26H25N5O2S. The zero-order valence-corrected chi connectivity index (χ0v) is 20.0. The molecule has 172 valence electrons. The second-order valence-corrected chi connectivity index (χ2v) is 9.27. The van der Waals surface area contributed by atoms with Crippen molar-refractivity contribution in [1.29, 1.82) is 0 Å². The SMILES string of the molecule is COc1ccc([C@H]2Nn3c(nnc3-c3ccccc3)S[C@H]2C(=O)Nc2cccc(C)c2C)cc1. The number of anilines is 1. The molecule has 34 heavy (non-hydrogen) atoms. The lowest BCUT2D eigenvalue weighted by molar-refractivity contribution is -0.116. The standard InChI is InChI=1S/C26H25N5O2S/c1-16-8-7-11-21(17(16)2)27-25(32)23-22(18-12-14-20(33-3)15-13-18)30-31-24(28-29-26(31)34-23)19-9-5-4-6-10-19/h4-15,22-23,30H,1-3H3,(H,27,32)/t22-,23-/m1/s1. The van der Waals surface area contributed by atoms with E-state index in [0.717, 1.165) is 33.7 Å². The molecule has 0 fully saturated rings. The number of ether oxygens (including phenoxy) is 1. The van der Waals surface area contributed by atoms with E-state index in [9.17, 15) is 4.79 Å². The van der Waals surface area contributed by atoms with E-state index in [0.29, 0.717) is 11.0 Å². The van der Waals surface area contributed by atoms with Crippen molar-refractivity contribution in [1.82, 2.24) is 14.9 Å². The van der Waals surface area contributed by atoms with Crippen LogP contribution >= 0.6 is 11.8 Å². The van der Waals surface area contributed by atoms with E-state index in [1.165, 1.54) is 11.8 Å². The lowest BCUT2D eigenvalue weighted by atomic mass is 10.0. The van der Waals surface area contributed by atoms with Crippen LogP contribution in [0.5, 0.6) is 5.75 Å². The van der Waals surface area contributed by atoms with Crippen molar-refractivity contribution in [2.45, 2.75) is 30.3 Å². The molecule has 0 saturated carbocycles. The lowest BCUT2D eigenvalue weighted by Gasteiger charge is -2.33. The molecule has 1 aliphatic heterocycles. The van der Waals surface area contributed by atoms with Gasteiger partial charge in [-0.25, -0.2) is 4.68 Å². The molecule has 1 aliphatic rings. The van der Waals surface area contributed by atoms with Gasteiger partial charge in [0.15, 0.2) is 5.82 Å². The fourth-order valence-corrected chi connectivity index (χ4v) is 5.06. The Bertz CT molecular complexity index is 1320. The van der Waals surface area contributed by atoms with Gasteiger partial charge in [-0.3, -0.25) is 4.79 Å². The summed E-state index contributed by atoms with van der Waals surface area (Å²) >= 11 is 1.41. The number of nitrogens with zero attached hydrogens (tertiary/aromatic N) is 3. The Hall–Kier alpha value is -3.78. The molecule has 0 unspecified atom stereocenters. The zero-order chi connectivity index (χ0) is 23.7. The highest BCUT2D eigenvalue weighted by molar-refractivity contribution is 8.00. The molecule has 1 aromatic heterocycles. The topological polar surface area (TPSA) is 81.1 Å². The largest absolute Gasteiger partial charge is 0.497 e. The number of hydrogen-bond donors (Lipinski definition) is 2. The van der Waals surface area contributed by atoms with E-state index in [2.05, 4.69) is 20.9 Å². The van der Waals surface area contributed by atoms with Gasteiger partial charge in [-0.15, -0.1) is 10.2 Å². The molecule has 0 saturated heterocycles. The summed E-state index contributed by atoms with van der Waals surface area (Å²) in [5.41, 5.74) is 8.42. The summed E-state index contributed by atoms with van der Waals surface area (Å²) in [6.07, 6.45) is 0. The Labute approximate surface area is 202 Å². The quantitative estimate of drug-likeness (QED) is 0.428. The van der Waals surface area contributed by atoms with E-state index in [1.54, 1.807) is 7.11 Å². The van der Waals surface area contributed by atoms with Gasteiger partial charge in [-0.05, 0) is 48.7 Å². The highest BCUT2D eigenvalue weighted by atomic mass is 32.2. The summed E-state index contributed by atoms with van der Waals surface area (Å²) in [6.45, 7) is 4.05. The predicted octanol–water partition coefficient (Wildman–Crippen LogP) is 4.97. The number of aryl methyl sites for hydroxylation is 1. The van der Waals surface area contributed by atoms with E-state index in [1.807, 2.05) is 91.3 Å². The summed E-state index contributed by atoms with van der Waals surface area (Å²) in [5, 5.41) is 12.1. The van der Waals surface area contributed by atoms with E-state index in [4.69, 9.17) is 4.74 Å². The number of hydrogen-bond acceptors (Lipinski definition) is 6. The zero-order valence-electron chi connectivity index (χ0n) is 19.1. The molecule has 0 radical (unpaired) electrons. The molecule has 0 spiro atoms. The normalized spacial score (nSPS) is 16.9. The molecule has 7 nitrogen and oxygen atoms in total. The number of rotatable bonds is 5. The Morgan fingerprint density at radius 2 is 1.76 bits per heavy atom. The number of thioether (sulfide) groups is 1. The van der Waals surface area contributed by atoms with Gasteiger partial charge in [0.2, 0.25) is 11.1 Å². The van der Waals surface area contributed by atoms with Crippen LogP contribution in [-0.4, -0.2) is 33.1 Å². The van der Waals surface area contributed by atoms with Gasteiger partial charge < -0.3 is 15.5 Å². The van der Waals surface area contributed by atoms with Crippen LogP contribution in [0.3, 0.4) is 0 Å². The third kappa shape index (κ3) is 4.12. The minimum Gasteiger partial charge on any atom is -0.497 e. The van der Waals surface area contributed by atoms with Crippen LogP contribution < -0.4 is 15.5 Å². The van der Waals surface area contributed by atoms with Gasteiger partial charge >= 0.3 is 0 Å². The van der Waals surface area contributed by atoms with E-state index in [-0.39, 0.29) is 11.9 Å². The van der Waals surface area contributed by atoms with Crippen molar-refractivity contribution in [3.8, 4) is 17.1 Å². The molecule has 2 heterocycles. The summed E-state index contributed by atoms with van der Waals surface area (Å²) in [5.74, 6) is 1.37. The van der Waals surface area contributed by atoms with Crippen molar-refractivity contribution in [3.05, 3.63) is 89.5 Å². The highest BCUT2D eigenvalue weighted by Crippen LogP contribution is 2.39. The number of methoxy groups -OCH3 is 1. The van der Waals surface area contributed by atoms with E-state index >= 15 is 0 Å². The molecule has 2 N–H and O–H groups in total. The maximum absolute atomic E-state index is 13.6. The Morgan fingerprint density at radius 1 is 1.00 bits per heavy atom. The molecule has 3 aromatic carbocycles. The van der Waals surface area contributed by atoms with Gasteiger partial charge in [0.25, 0.3) is 0 Å². The number of nitrogens with one attached hydrogen (secondary N) is 2. The minimum atomic E-state index is -0.464. The minimum absolute atomic E-state index is 0.0949. The first-order valence-electron chi connectivity index (χ1n) is 11.0. The monoisotopic (exact) mass is 471 g/mol. The maximum Gasteiger partial charge on any atom is 0.240 e. The fourth-order valence-electron chi connectivity index (χ4n) is 3.98. The number of carbonyl (C=O) groups is 1. The molecule has 4 aromatic rings. The molecular weight excluding hydrogens is 446 g/mol. The Balaban J connectivity index is 1.52. The lowest BCUT2D eigenvalue weighted by Crippen LogP contribution is -2.41. The van der Waals surface area contributed by atoms with Crippen LogP contribution in [0.1, 0.15) is 22.7 Å². The molecule has 2 atom stereocenters. The average molecular weight is 472 g/mol. The van der Waals surface area contributed by atoms with Crippen LogP contribution in [0.25, 0.3) is 11.4 Å². The molecule has 0 aliphatic carbocycles. The number of amides is 1. The first kappa shape index (κ1) is 22.0. The van der Waals surface area contributed by atoms with Gasteiger partial charge in [0.1, 0.15) is 11.0 Å². The Morgan fingerprint density at radius 3 is 2.50 bits per heavy atom. The summed E-state index contributed by atoms with van der Waals surface area (Å²) in [4.78, 5) is 13.6. The van der Waals surface area contributed by atoms with Crippen LogP contribution in [-0.2, 0) is 4.79 Å². The molecule has 5 rings (SSSR count). The van der Waals surface area contributed by atoms with Crippen LogP contribution in [0, 0.1) is 13.8 Å². The number of carbonyl (C=O) groups excluding carboxylic acids is 1. The van der Waals surface area contributed by atoms with Crippen LogP contribution in [0.2, 0.25) is 0 Å². The second-order valence-electron chi connectivity index (χ2n) is 8.16. The number of aromatic nitrogens is 3. The number of fused-ring (bicyclic) bond motifs is 1. The van der Waals surface area contributed by atoms with Crippen molar-refractivity contribution < 1.29 is 9.53 Å². The number of benzene rings is 3. The maximum atomic E-state index is 13.6. The van der Waals surface area contributed by atoms with Crippen LogP contribution in [0.15, 0.2) is 78.0 Å². The van der Waals surface area contributed by atoms with Crippen molar-refractivity contribution in [2.24, 2.45) is 0 Å². The summed E-state index contributed by atoms with van der Waals surface area (Å²) in [7, 11) is 1.64. The molecule has 1 amide bonds. The third-order valence-electron chi connectivity index (χ3n) is 6.06. The Kier molecular flexibility index (Phi) is 5.98. The smallest absolute Gasteiger partial charge is 0.240 e. The van der Waals surface area contributed by atoms with Gasteiger partial charge in [0, 0.05) is 11.3 Å². The van der Waals surface area contributed by atoms with Gasteiger partial charge in [-0.2, -0.15) is 0 Å². The summed E-state index contributed by atoms with van der Waals surface area (Å²) < 4.78 is 7.20. The third-order valence-corrected chi connectivity index (χ3v) is 7.28. The highest BCUT2D eigenvalue weighted by Gasteiger charge is 2.38. The van der Waals surface area contributed by atoms with Gasteiger partial charge in [0.05, 0.1) is 13.2 Å². The first-order chi connectivity index (χ1) is 16.5. The van der Waals surface area contributed by atoms with Gasteiger partial charge in [-0.1, -0.05) is 66.4 Å². The molecule has 0 bridgehead atoms. The van der Waals surface area contributed by atoms with Crippen molar-refractivity contribution in [2.75, 3.05) is 17.9 Å². The summed E-state index contributed by atoms with van der Waals surface area (Å²) in [6, 6.07) is 23.3. The first-order valence-corrected chi connectivity index (χ1v) is 11.9. The fraction of sp³-hybridized carbons (Fsp3) is 0.192. The van der Waals surface area contributed by atoms with Crippen molar-refractivity contribution in [3.63, 3.8) is 0 Å².